The van der Waals surface area contributed by atoms with Gasteiger partial charge < -0.3 is 20.4 Å². The maximum atomic E-state index is 11.9. The summed E-state index contributed by atoms with van der Waals surface area (Å²) in [5, 5.41) is 6.29. The van der Waals surface area contributed by atoms with E-state index in [1.807, 2.05) is 38.2 Å². The minimum absolute atomic E-state index is 0.0326. The van der Waals surface area contributed by atoms with Crippen LogP contribution in [0.3, 0.4) is 0 Å². The molecule has 0 aliphatic carbocycles. The first-order chi connectivity index (χ1) is 11.6. The third-order valence-electron chi connectivity index (χ3n) is 4.31. The van der Waals surface area contributed by atoms with E-state index in [9.17, 15) is 4.79 Å². The summed E-state index contributed by atoms with van der Waals surface area (Å²) in [6.45, 7) is 6.59. The number of aromatic nitrogens is 2. The number of hydrogen-bond acceptors (Lipinski definition) is 5. The molecule has 2 aliphatic rings. The van der Waals surface area contributed by atoms with Gasteiger partial charge in [0.1, 0.15) is 5.82 Å². The number of amides is 2. The fourth-order valence-corrected chi connectivity index (χ4v) is 3.18. The molecule has 1 unspecified atom stereocenters. The summed E-state index contributed by atoms with van der Waals surface area (Å²) in [5.74, 6) is 0.974. The quantitative estimate of drug-likeness (QED) is 0.831. The number of carbonyl (C=O) groups is 1. The van der Waals surface area contributed by atoms with Crippen LogP contribution < -0.4 is 10.6 Å². The highest BCUT2D eigenvalue weighted by Gasteiger charge is 2.28. The van der Waals surface area contributed by atoms with E-state index >= 15 is 0 Å². The zero-order valence-corrected chi connectivity index (χ0v) is 14.7. The number of carbonyl (C=O) groups excluding carboxylic acids is 1. The summed E-state index contributed by atoms with van der Waals surface area (Å²) in [7, 11) is 4.09. The third kappa shape index (κ3) is 3.54. The van der Waals surface area contributed by atoms with E-state index in [1.54, 1.807) is 0 Å². The van der Waals surface area contributed by atoms with Crippen LogP contribution in [0.1, 0.15) is 24.7 Å². The van der Waals surface area contributed by atoms with Crippen LogP contribution in [0.4, 0.5) is 4.79 Å². The van der Waals surface area contributed by atoms with Crippen molar-refractivity contribution in [3.8, 4) is 0 Å². The van der Waals surface area contributed by atoms with E-state index in [2.05, 4.69) is 31.2 Å². The van der Waals surface area contributed by atoms with Crippen LogP contribution in [-0.4, -0.2) is 77.1 Å². The molecular weight excluding hydrogens is 306 g/mol. The minimum atomic E-state index is 0.0326. The minimum Gasteiger partial charge on any atom is -0.359 e. The summed E-state index contributed by atoms with van der Waals surface area (Å²) in [6, 6.07) is 0.0326. The molecule has 8 heteroatoms. The number of hydrogen-bond donors (Lipinski definition) is 2. The number of rotatable bonds is 4. The molecule has 1 aromatic rings. The molecule has 0 spiro atoms. The number of nitrogens with one attached hydrogen (secondary N) is 2. The molecule has 8 nitrogen and oxygen atoms in total. The first kappa shape index (κ1) is 16.8. The molecule has 1 saturated heterocycles. The molecule has 24 heavy (non-hydrogen) atoms. The van der Waals surface area contributed by atoms with Gasteiger partial charge in [-0.15, -0.1) is 0 Å². The topological polar surface area (TPSA) is 68.7 Å². The molecule has 0 aromatic carbocycles. The first-order valence-electron chi connectivity index (χ1n) is 8.50. The van der Waals surface area contributed by atoms with E-state index in [0.29, 0.717) is 6.54 Å². The average molecular weight is 333 g/mol. The van der Waals surface area contributed by atoms with Crippen molar-refractivity contribution >= 4 is 12.1 Å². The Bertz CT molecular complexity index is 602. The van der Waals surface area contributed by atoms with Crippen molar-refractivity contribution in [2.24, 2.45) is 0 Å². The Morgan fingerprint density at radius 2 is 2.12 bits per heavy atom. The van der Waals surface area contributed by atoms with Gasteiger partial charge in [-0.25, -0.2) is 9.78 Å². The highest BCUT2D eigenvalue weighted by Crippen LogP contribution is 2.21. The number of piperazine rings is 1. The van der Waals surface area contributed by atoms with Crippen molar-refractivity contribution in [3.05, 3.63) is 23.9 Å². The largest absolute Gasteiger partial charge is 0.359 e. The molecule has 2 amide bonds. The molecule has 1 aromatic heterocycles. The monoisotopic (exact) mass is 333 g/mol. The second-order valence-electron chi connectivity index (χ2n) is 6.47. The first-order valence-corrected chi connectivity index (χ1v) is 8.50. The second-order valence-corrected chi connectivity index (χ2v) is 6.47. The molecule has 1 fully saturated rings. The average Bonchev–Trinajstić information content (AvgIpc) is 2.96. The predicted molar refractivity (Wildman–Crippen MR) is 93.0 cm³/mol. The number of nitrogens with zero attached hydrogens (tertiary/aromatic N) is 5. The van der Waals surface area contributed by atoms with Crippen molar-refractivity contribution in [1.82, 2.24) is 34.9 Å². The van der Waals surface area contributed by atoms with Crippen molar-refractivity contribution in [2.45, 2.75) is 19.8 Å². The van der Waals surface area contributed by atoms with Gasteiger partial charge in [-0.2, -0.15) is 0 Å². The standard InChI is InChI=1S/C16H27N7O/c1-4-17-16(24)22-9-7-21(8-10-22)15-18-6-5-14-19-13(11-20(2)3)12-23(14)15/h5-6,12,15,18H,4,7-11H2,1-3H3,(H,17,24). The van der Waals surface area contributed by atoms with E-state index in [-0.39, 0.29) is 12.3 Å². The fourth-order valence-electron chi connectivity index (χ4n) is 3.18. The van der Waals surface area contributed by atoms with Crippen LogP contribution in [0.15, 0.2) is 12.4 Å². The number of urea groups is 1. The molecule has 3 rings (SSSR count). The van der Waals surface area contributed by atoms with E-state index < -0.39 is 0 Å². The van der Waals surface area contributed by atoms with Crippen LogP contribution in [0.2, 0.25) is 0 Å². The lowest BCUT2D eigenvalue weighted by Gasteiger charge is -2.40. The van der Waals surface area contributed by atoms with E-state index in [0.717, 1.165) is 44.2 Å². The zero-order valence-electron chi connectivity index (χ0n) is 14.7. The lowest BCUT2D eigenvalue weighted by molar-refractivity contribution is 0.0637. The van der Waals surface area contributed by atoms with Gasteiger partial charge in [-0.05, 0) is 27.1 Å². The highest BCUT2D eigenvalue weighted by molar-refractivity contribution is 5.74. The molecule has 3 heterocycles. The second kappa shape index (κ2) is 7.23. The highest BCUT2D eigenvalue weighted by atomic mass is 16.2. The molecule has 0 bridgehead atoms. The van der Waals surface area contributed by atoms with Gasteiger partial charge in [0.25, 0.3) is 0 Å². The molecule has 1 atom stereocenters. The maximum Gasteiger partial charge on any atom is 0.317 e. The fraction of sp³-hybridized carbons (Fsp3) is 0.625. The van der Waals surface area contributed by atoms with Gasteiger partial charge in [0.2, 0.25) is 0 Å². The van der Waals surface area contributed by atoms with E-state index in [1.165, 1.54) is 0 Å². The molecular formula is C16H27N7O. The number of imidazole rings is 1. The van der Waals surface area contributed by atoms with Gasteiger partial charge in [-0.1, -0.05) is 0 Å². The Labute approximate surface area is 143 Å². The van der Waals surface area contributed by atoms with E-state index in [4.69, 9.17) is 4.98 Å². The Hall–Kier alpha value is -2.06. The van der Waals surface area contributed by atoms with Crippen LogP contribution in [0.5, 0.6) is 0 Å². The van der Waals surface area contributed by atoms with Crippen molar-refractivity contribution in [3.63, 3.8) is 0 Å². The third-order valence-corrected chi connectivity index (χ3v) is 4.31. The molecule has 2 N–H and O–H groups in total. The van der Waals surface area contributed by atoms with Gasteiger partial charge in [-0.3, -0.25) is 9.47 Å². The Balaban J connectivity index is 1.66. The van der Waals surface area contributed by atoms with Crippen molar-refractivity contribution < 1.29 is 4.79 Å². The Kier molecular flexibility index (Phi) is 5.06. The van der Waals surface area contributed by atoms with Gasteiger partial charge >= 0.3 is 6.03 Å². The summed E-state index contributed by atoms with van der Waals surface area (Å²) in [5.41, 5.74) is 1.06. The predicted octanol–water partition coefficient (Wildman–Crippen LogP) is 0.322. The molecule has 0 radical (unpaired) electrons. The number of fused-ring (bicyclic) bond motifs is 1. The van der Waals surface area contributed by atoms with Crippen molar-refractivity contribution in [2.75, 3.05) is 46.8 Å². The smallest absolute Gasteiger partial charge is 0.317 e. The SMILES string of the molecule is CCNC(=O)N1CCN(C2NC=Cc3nc(CN(C)C)cn32)CC1. The summed E-state index contributed by atoms with van der Waals surface area (Å²) in [6.07, 6.45) is 6.14. The summed E-state index contributed by atoms with van der Waals surface area (Å²) in [4.78, 5) is 23.0. The lowest BCUT2D eigenvalue weighted by atomic mass is 10.3. The molecule has 0 saturated carbocycles. The molecule has 132 valence electrons. The summed E-state index contributed by atoms with van der Waals surface area (Å²) < 4.78 is 2.18. The van der Waals surface area contributed by atoms with Gasteiger partial charge in [0.05, 0.1) is 5.69 Å². The van der Waals surface area contributed by atoms with Crippen LogP contribution in [0, 0.1) is 0 Å². The Morgan fingerprint density at radius 1 is 1.38 bits per heavy atom. The van der Waals surface area contributed by atoms with Crippen LogP contribution in [0.25, 0.3) is 6.08 Å². The van der Waals surface area contributed by atoms with Crippen molar-refractivity contribution in [1.29, 1.82) is 0 Å². The Morgan fingerprint density at radius 3 is 2.79 bits per heavy atom. The summed E-state index contributed by atoms with van der Waals surface area (Å²) >= 11 is 0. The maximum absolute atomic E-state index is 11.9. The normalized spacial score (nSPS) is 20.8. The van der Waals surface area contributed by atoms with Gasteiger partial charge in [0.15, 0.2) is 6.29 Å². The van der Waals surface area contributed by atoms with Crippen LogP contribution >= 0.6 is 0 Å². The zero-order chi connectivity index (χ0) is 17.1. The van der Waals surface area contributed by atoms with Crippen LogP contribution in [-0.2, 0) is 6.54 Å². The lowest BCUT2D eigenvalue weighted by Crippen LogP contribution is -2.55. The molecule has 2 aliphatic heterocycles. The van der Waals surface area contributed by atoms with Gasteiger partial charge in [0, 0.05) is 51.7 Å².